The lowest BCUT2D eigenvalue weighted by Gasteiger charge is -2.16. The molecule has 0 aromatic heterocycles. The van der Waals surface area contributed by atoms with Crippen molar-refractivity contribution >= 4 is 0 Å². The topological polar surface area (TPSA) is 0 Å². The van der Waals surface area contributed by atoms with E-state index in [1.165, 1.54) is 18.2 Å². The van der Waals surface area contributed by atoms with Gasteiger partial charge in [0.1, 0.15) is 5.83 Å². The van der Waals surface area contributed by atoms with E-state index < -0.39 is 5.67 Å². The highest BCUT2D eigenvalue weighted by Crippen LogP contribution is 2.26. The molecule has 10 heavy (non-hydrogen) atoms. The molecular weight excluding hydrogens is 134 g/mol. The number of hydrogen-bond acceptors (Lipinski definition) is 0. The van der Waals surface area contributed by atoms with Gasteiger partial charge in [-0.2, -0.15) is 0 Å². The average Bonchev–Trinajstić information content (AvgIpc) is 1.96. The van der Waals surface area contributed by atoms with Crippen LogP contribution in [0.25, 0.3) is 0 Å². The Balaban J connectivity index is 2.76. The van der Waals surface area contributed by atoms with Gasteiger partial charge in [0.2, 0.25) is 0 Å². The standard InChI is InChI=1S/C8H8F2/c1-2-8(10)5-3-7(9)4-6-8/h2-5H,1,6H2. The van der Waals surface area contributed by atoms with E-state index in [0.717, 1.165) is 6.08 Å². The molecular formula is C8H8F2. The van der Waals surface area contributed by atoms with Crippen molar-refractivity contribution in [3.05, 3.63) is 36.7 Å². The highest BCUT2D eigenvalue weighted by atomic mass is 19.1. The van der Waals surface area contributed by atoms with Crippen LogP contribution in [0.3, 0.4) is 0 Å². The van der Waals surface area contributed by atoms with Gasteiger partial charge in [0.25, 0.3) is 0 Å². The summed E-state index contributed by atoms with van der Waals surface area (Å²) in [7, 11) is 0. The molecule has 1 unspecified atom stereocenters. The number of allylic oxidation sites excluding steroid dienone is 5. The molecule has 0 fully saturated rings. The number of rotatable bonds is 1. The molecule has 0 nitrogen and oxygen atoms in total. The van der Waals surface area contributed by atoms with E-state index in [0.29, 0.717) is 0 Å². The van der Waals surface area contributed by atoms with Crippen LogP contribution in [0.4, 0.5) is 8.78 Å². The van der Waals surface area contributed by atoms with E-state index in [1.807, 2.05) is 0 Å². The second-order valence-electron chi connectivity index (χ2n) is 2.26. The third kappa shape index (κ3) is 1.32. The van der Waals surface area contributed by atoms with Gasteiger partial charge in [0.15, 0.2) is 5.67 Å². The first kappa shape index (κ1) is 7.19. The minimum atomic E-state index is -1.53. The summed E-state index contributed by atoms with van der Waals surface area (Å²) in [5.74, 6) is -0.380. The summed E-state index contributed by atoms with van der Waals surface area (Å²) in [6.07, 6.45) is 4.73. The molecule has 1 rings (SSSR count). The van der Waals surface area contributed by atoms with Crippen LogP contribution in [0.1, 0.15) is 6.42 Å². The van der Waals surface area contributed by atoms with Gasteiger partial charge < -0.3 is 0 Å². The Kier molecular flexibility index (Phi) is 1.70. The Hall–Kier alpha value is -0.920. The van der Waals surface area contributed by atoms with Crippen LogP contribution >= 0.6 is 0 Å². The summed E-state index contributed by atoms with van der Waals surface area (Å²) in [6.45, 7) is 3.30. The highest BCUT2D eigenvalue weighted by molar-refractivity contribution is 5.27. The van der Waals surface area contributed by atoms with Crippen LogP contribution in [0.15, 0.2) is 36.7 Å². The molecule has 1 aliphatic carbocycles. The molecule has 0 N–H and O–H groups in total. The zero-order valence-electron chi connectivity index (χ0n) is 5.48. The first-order chi connectivity index (χ1) is 4.66. The Morgan fingerprint density at radius 1 is 1.70 bits per heavy atom. The fourth-order valence-electron chi connectivity index (χ4n) is 0.760. The van der Waals surface area contributed by atoms with Crippen molar-refractivity contribution < 1.29 is 8.78 Å². The van der Waals surface area contributed by atoms with Gasteiger partial charge >= 0.3 is 0 Å². The minimum Gasteiger partial charge on any atom is -0.234 e. The third-order valence-electron chi connectivity index (χ3n) is 1.47. The molecule has 0 spiro atoms. The normalized spacial score (nSPS) is 31.6. The van der Waals surface area contributed by atoms with Crippen LogP contribution in [-0.4, -0.2) is 5.67 Å². The summed E-state index contributed by atoms with van der Waals surface area (Å²) in [4.78, 5) is 0. The maximum Gasteiger partial charge on any atom is 0.151 e. The van der Waals surface area contributed by atoms with E-state index in [1.54, 1.807) is 0 Å². The molecule has 54 valence electrons. The molecule has 0 heterocycles. The highest BCUT2D eigenvalue weighted by Gasteiger charge is 2.22. The average molecular weight is 142 g/mol. The Bertz CT molecular complexity index is 203. The van der Waals surface area contributed by atoms with Crippen molar-refractivity contribution in [3.8, 4) is 0 Å². The molecule has 0 saturated carbocycles. The van der Waals surface area contributed by atoms with Gasteiger partial charge in [0.05, 0.1) is 0 Å². The molecule has 0 amide bonds. The molecule has 1 atom stereocenters. The fourth-order valence-corrected chi connectivity index (χ4v) is 0.760. The predicted octanol–water partition coefficient (Wildman–Crippen LogP) is 2.69. The SMILES string of the molecule is C=CC1(F)C=CC(F)=CC1. The van der Waals surface area contributed by atoms with Crippen molar-refractivity contribution in [2.45, 2.75) is 12.1 Å². The lowest BCUT2D eigenvalue weighted by atomic mass is 9.97. The van der Waals surface area contributed by atoms with Crippen LogP contribution < -0.4 is 0 Å². The summed E-state index contributed by atoms with van der Waals surface area (Å²) >= 11 is 0. The van der Waals surface area contributed by atoms with E-state index in [-0.39, 0.29) is 12.2 Å². The van der Waals surface area contributed by atoms with Crippen LogP contribution in [0.2, 0.25) is 0 Å². The monoisotopic (exact) mass is 142 g/mol. The van der Waals surface area contributed by atoms with Crippen molar-refractivity contribution in [2.24, 2.45) is 0 Å². The second-order valence-corrected chi connectivity index (χ2v) is 2.26. The first-order valence-corrected chi connectivity index (χ1v) is 3.04. The predicted molar refractivity (Wildman–Crippen MR) is 37.0 cm³/mol. The van der Waals surface area contributed by atoms with Crippen molar-refractivity contribution in [3.63, 3.8) is 0 Å². The molecule has 0 aromatic rings. The zero-order chi connectivity index (χ0) is 7.61. The van der Waals surface area contributed by atoms with Crippen LogP contribution in [0, 0.1) is 0 Å². The van der Waals surface area contributed by atoms with Gasteiger partial charge in [0, 0.05) is 6.42 Å². The van der Waals surface area contributed by atoms with Gasteiger partial charge in [-0.05, 0) is 18.2 Å². The smallest absolute Gasteiger partial charge is 0.151 e. The lowest BCUT2D eigenvalue weighted by molar-refractivity contribution is 0.297. The Morgan fingerprint density at radius 2 is 2.40 bits per heavy atom. The van der Waals surface area contributed by atoms with Crippen LogP contribution in [-0.2, 0) is 0 Å². The molecule has 0 aromatic carbocycles. The summed E-state index contributed by atoms with van der Waals surface area (Å²) in [6, 6.07) is 0. The number of hydrogen-bond donors (Lipinski definition) is 0. The summed E-state index contributed by atoms with van der Waals surface area (Å²) in [5.41, 5.74) is -1.53. The maximum atomic E-state index is 13.1. The van der Waals surface area contributed by atoms with Crippen molar-refractivity contribution in [1.29, 1.82) is 0 Å². The van der Waals surface area contributed by atoms with E-state index in [9.17, 15) is 8.78 Å². The molecule has 1 aliphatic rings. The Morgan fingerprint density at radius 3 is 2.80 bits per heavy atom. The molecule has 0 saturated heterocycles. The minimum absolute atomic E-state index is 0.0544. The molecule has 0 aliphatic heterocycles. The third-order valence-corrected chi connectivity index (χ3v) is 1.47. The van der Waals surface area contributed by atoms with E-state index in [4.69, 9.17) is 0 Å². The van der Waals surface area contributed by atoms with Crippen LogP contribution in [0.5, 0.6) is 0 Å². The summed E-state index contributed by atoms with van der Waals surface area (Å²) in [5, 5.41) is 0. The van der Waals surface area contributed by atoms with Gasteiger partial charge in [-0.25, -0.2) is 8.78 Å². The van der Waals surface area contributed by atoms with Crippen molar-refractivity contribution in [2.75, 3.05) is 0 Å². The quantitative estimate of drug-likeness (QED) is 0.494. The van der Waals surface area contributed by atoms with E-state index in [2.05, 4.69) is 6.58 Å². The van der Waals surface area contributed by atoms with Gasteiger partial charge in [-0.1, -0.05) is 12.7 Å². The number of halogens is 2. The van der Waals surface area contributed by atoms with Gasteiger partial charge in [-0.15, -0.1) is 0 Å². The largest absolute Gasteiger partial charge is 0.234 e. The lowest BCUT2D eigenvalue weighted by Crippen LogP contribution is -2.16. The van der Waals surface area contributed by atoms with Gasteiger partial charge in [-0.3, -0.25) is 0 Å². The van der Waals surface area contributed by atoms with E-state index >= 15 is 0 Å². The fraction of sp³-hybridized carbons (Fsp3) is 0.250. The summed E-state index contributed by atoms with van der Waals surface area (Å²) < 4.78 is 25.3. The Labute approximate surface area is 58.6 Å². The molecule has 0 radical (unpaired) electrons. The number of alkyl halides is 1. The molecule has 0 bridgehead atoms. The maximum absolute atomic E-state index is 13.1. The van der Waals surface area contributed by atoms with Crippen molar-refractivity contribution in [1.82, 2.24) is 0 Å². The first-order valence-electron chi connectivity index (χ1n) is 3.04. The molecule has 2 heteroatoms. The zero-order valence-corrected chi connectivity index (χ0v) is 5.48. The second kappa shape index (κ2) is 2.37.